The molecule has 2 N–H and O–H groups in total. The summed E-state index contributed by atoms with van der Waals surface area (Å²) in [5.41, 5.74) is 8.98. The molecule has 1 aromatic heterocycles. The Kier molecular flexibility index (Phi) is 3.59. The molecule has 0 bridgehead atoms. The maximum Gasteiger partial charge on any atom is 0.0305 e. The molecular weight excluding hydrogens is 196 g/mol. The summed E-state index contributed by atoms with van der Waals surface area (Å²) >= 11 is 0. The first-order chi connectivity index (χ1) is 7.72. The largest absolute Gasteiger partial charge is 0.327 e. The summed E-state index contributed by atoms with van der Waals surface area (Å²) in [6, 6.07) is 2.42. The standard InChI is InChI=1S/C14H22N2/c1-3-11-4-5-14(15)12(8-11)13-9-16-7-6-10(13)2/h6-7,9,11-12,14H,3-5,8,15H2,1-2H3. The van der Waals surface area contributed by atoms with E-state index in [1.165, 1.54) is 30.4 Å². The molecule has 0 saturated heterocycles. The molecule has 2 heteroatoms. The third-order valence-electron chi connectivity index (χ3n) is 4.07. The van der Waals surface area contributed by atoms with E-state index in [1.54, 1.807) is 0 Å². The summed E-state index contributed by atoms with van der Waals surface area (Å²) in [6.07, 6.45) is 8.86. The van der Waals surface area contributed by atoms with E-state index in [0.717, 1.165) is 12.3 Å². The lowest BCUT2D eigenvalue weighted by atomic mass is 9.74. The van der Waals surface area contributed by atoms with Crippen molar-refractivity contribution in [1.29, 1.82) is 0 Å². The Labute approximate surface area is 98.3 Å². The quantitative estimate of drug-likeness (QED) is 0.828. The summed E-state index contributed by atoms with van der Waals surface area (Å²) in [5, 5.41) is 0. The SMILES string of the molecule is CCC1CCC(N)C(c2cnccc2C)C1. The van der Waals surface area contributed by atoms with Crippen molar-refractivity contribution in [2.75, 3.05) is 0 Å². The molecule has 88 valence electrons. The van der Waals surface area contributed by atoms with Gasteiger partial charge in [0.1, 0.15) is 0 Å². The molecule has 0 radical (unpaired) electrons. The van der Waals surface area contributed by atoms with Crippen LogP contribution in [0.4, 0.5) is 0 Å². The number of nitrogens with zero attached hydrogens (tertiary/aromatic N) is 1. The van der Waals surface area contributed by atoms with E-state index >= 15 is 0 Å². The van der Waals surface area contributed by atoms with Crippen molar-refractivity contribution in [3.05, 3.63) is 29.6 Å². The molecule has 0 aromatic carbocycles. The zero-order chi connectivity index (χ0) is 11.5. The highest BCUT2D eigenvalue weighted by Gasteiger charge is 2.29. The van der Waals surface area contributed by atoms with Crippen molar-refractivity contribution in [2.24, 2.45) is 11.7 Å². The van der Waals surface area contributed by atoms with Crippen LogP contribution in [0, 0.1) is 12.8 Å². The van der Waals surface area contributed by atoms with E-state index < -0.39 is 0 Å². The first-order valence-electron chi connectivity index (χ1n) is 6.38. The van der Waals surface area contributed by atoms with Gasteiger partial charge in [0.15, 0.2) is 0 Å². The summed E-state index contributed by atoms with van der Waals surface area (Å²) in [5.74, 6) is 1.37. The van der Waals surface area contributed by atoms with Gasteiger partial charge in [-0.25, -0.2) is 0 Å². The summed E-state index contributed by atoms with van der Waals surface area (Å²) < 4.78 is 0. The molecule has 2 rings (SSSR count). The summed E-state index contributed by atoms with van der Waals surface area (Å²) in [7, 11) is 0. The fraction of sp³-hybridized carbons (Fsp3) is 0.643. The maximum absolute atomic E-state index is 6.27. The molecule has 1 saturated carbocycles. The Morgan fingerprint density at radius 2 is 2.25 bits per heavy atom. The number of pyridine rings is 1. The van der Waals surface area contributed by atoms with Gasteiger partial charge >= 0.3 is 0 Å². The third-order valence-corrected chi connectivity index (χ3v) is 4.07. The van der Waals surface area contributed by atoms with E-state index in [1.807, 2.05) is 12.4 Å². The summed E-state index contributed by atoms with van der Waals surface area (Å²) in [4.78, 5) is 4.25. The van der Waals surface area contributed by atoms with Gasteiger partial charge in [0.05, 0.1) is 0 Å². The maximum atomic E-state index is 6.27. The van der Waals surface area contributed by atoms with Crippen molar-refractivity contribution >= 4 is 0 Å². The average Bonchev–Trinajstić information content (AvgIpc) is 2.31. The van der Waals surface area contributed by atoms with Crippen LogP contribution in [0.25, 0.3) is 0 Å². The Morgan fingerprint density at radius 3 is 2.94 bits per heavy atom. The van der Waals surface area contributed by atoms with Crippen molar-refractivity contribution in [3.63, 3.8) is 0 Å². The Balaban J connectivity index is 2.21. The van der Waals surface area contributed by atoms with Crippen molar-refractivity contribution in [3.8, 4) is 0 Å². The average molecular weight is 218 g/mol. The monoisotopic (exact) mass is 218 g/mol. The fourth-order valence-electron chi connectivity index (χ4n) is 2.87. The van der Waals surface area contributed by atoms with Crippen molar-refractivity contribution < 1.29 is 0 Å². The molecular formula is C14H22N2. The van der Waals surface area contributed by atoms with Crippen molar-refractivity contribution in [2.45, 2.75) is 51.5 Å². The van der Waals surface area contributed by atoms with Gasteiger partial charge in [-0.05, 0) is 49.3 Å². The molecule has 0 spiro atoms. The number of aryl methyl sites for hydroxylation is 1. The van der Waals surface area contributed by atoms with Crippen LogP contribution in [0.2, 0.25) is 0 Å². The lowest BCUT2D eigenvalue weighted by Gasteiger charge is -2.34. The second kappa shape index (κ2) is 4.96. The van der Waals surface area contributed by atoms with Crippen LogP contribution in [0.15, 0.2) is 18.5 Å². The Morgan fingerprint density at radius 1 is 1.44 bits per heavy atom. The van der Waals surface area contributed by atoms with E-state index in [-0.39, 0.29) is 0 Å². The van der Waals surface area contributed by atoms with Gasteiger partial charge in [-0.3, -0.25) is 4.98 Å². The molecule has 2 nitrogen and oxygen atoms in total. The minimum atomic E-state index is 0.325. The normalized spacial score (nSPS) is 30.3. The lowest BCUT2D eigenvalue weighted by molar-refractivity contribution is 0.281. The Bertz CT molecular complexity index is 348. The number of hydrogen-bond donors (Lipinski definition) is 1. The molecule has 3 atom stereocenters. The van der Waals surface area contributed by atoms with Crippen LogP contribution in [-0.4, -0.2) is 11.0 Å². The second-order valence-electron chi connectivity index (χ2n) is 5.09. The molecule has 16 heavy (non-hydrogen) atoms. The van der Waals surface area contributed by atoms with Crippen LogP contribution in [0.1, 0.15) is 49.7 Å². The zero-order valence-electron chi connectivity index (χ0n) is 10.3. The highest BCUT2D eigenvalue weighted by atomic mass is 14.7. The van der Waals surface area contributed by atoms with Crippen LogP contribution in [0.3, 0.4) is 0 Å². The van der Waals surface area contributed by atoms with E-state index in [9.17, 15) is 0 Å². The number of aromatic nitrogens is 1. The molecule has 0 aliphatic heterocycles. The molecule has 1 aliphatic rings. The number of nitrogens with two attached hydrogens (primary N) is 1. The molecule has 3 unspecified atom stereocenters. The minimum Gasteiger partial charge on any atom is -0.327 e. The van der Waals surface area contributed by atoms with E-state index in [0.29, 0.717) is 12.0 Å². The van der Waals surface area contributed by atoms with Gasteiger partial charge < -0.3 is 5.73 Å². The second-order valence-corrected chi connectivity index (χ2v) is 5.09. The van der Waals surface area contributed by atoms with Crippen LogP contribution in [0.5, 0.6) is 0 Å². The number of hydrogen-bond acceptors (Lipinski definition) is 2. The molecule has 0 amide bonds. The van der Waals surface area contributed by atoms with Gasteiger partial charge in [-0.1, -0.05) is 13.3 Å². The van der Waals surface area contributed by atoms with Gasteiger partial charge in [0, 0.05) is 24.4 Å². The first kappa shape index (κ1) is 11.6. The molecule has 1 aliphatic carbocycles. The minimum absolute atomic E-state index is 0.325. The van der Waals surface area contributed by atoms with Gasteiger partial charge in [0.25, 0.3) is 0 Å². The van der Waals surface area contributed by atoms with Crippen LogP contribution in [-0.2, 0) is 0 Å². The zero-order valence-corrected chi connectivity index (χ0v) is 10.3. The van der Waals surface area contributed by atoms with Gasteiger partial charge in [-0.15, -0.1) is 0 Å². The molecule has 1 heterocycles. The molecule has 1 aromatic rings. The topological polar surface area (TPSA) is 38.9 Å². The van der Waals surface area contributed by atoms with Crippen molar-refractivity contribution in [1.82, 2.24) is 4.98 Å². The predicted octanol–water partition coefficient (Wildman–Crippen LogP) is 3.01. The number of rotatable bonds is 2. The lowest BCUT2D eigenvalue weighted by Crippen LogP contribution is -2.34. The van der Waals surface area contributed by atoms with Gasteiger partial charge in [-0.2, -0.15) is 0 Å². The fourth-order valence-corrected chi connectivity index (χ4v) is 2.87. The van der Waals surface area contributed by atoms with E-state index in [2.05, 4.69) is 24.9 Å². The first-order valence-corrected chi connectivity index (χ1v) is 6.38. The van der Waals surface area contributed by atoms with Crippen LogP contribution >= 0.6 is 0 Å². The smallest absolute Gasteiger partial charge is 0.0305 e. The predicted molar refractivity (Wildman–Crippen MR) is 67.3 cm³/mol. The Hall–Kier alpha value is -0.890. The third kappa shape index (κ3) is 2.27. The summed E-state index contributed by atoms with van der Waals surface area (Å²) in [6.45, 7) is 4.45. The highest BCUT2D eigenvalue weighted by molar-refractivity contribution is 5.27. The van der Waals surface area contributed by atoms with Crippen LogP contribution < -0.4 is 5.73 Å². The molecule has 1 fully saturated rings. The van der Waals surface area contributed by atoms with E-state index in [4.69, 9.17) is 5.73 Å². The highest BCUT2D eigenvalue weighted by Crippen LogP contribution is 2.37. The van der Waals surface area contributed by atoms with Gasteiger partial charge in [0.2, 0.25) is 0 Å².